The van der Waals surface area contributed by atoms with Crippen LogP contribution in [-0.2, 0) is 17.5 Å². The Labute approximate surface area is 197 Å². The van der Waals surface area contributed by atoms with Crippen molar-refractivity contribution in [3.63, 3.8) is 0 Å². The Morgan fingerprint density at radius 2 is 1.88 bits per heavy atom. The third-order valence-electron chi connectivity index (χ3n) is 7.04. The summed E-state index contributed by atoms with van der Waals surface area (Å²) in [5.74, 6) is 1.000. The van der Waals surface area contributed by atoms with Crippen LogP contribution in [0.2, 0.25) is 0 Å². The normalized spacial score (nSPS) is 20.9. The average molecular weight is 479 g/mol. The van der Waals surface area contributed by atoms with E-state index in [-0.39, 0.29) is 48.0 Å². The molecule has 34 heavy (non-hydrogen) atoms. The second-order valence-electron chi connectivity index (χ2n) is 9.66. The first-order chi connectivity index (χ1) is 16.3. The van der Waals surface area contributed by atoms with Crippen LogP contribution >= 0.6 is 0 Å². The largest absolute Gasteiger partial charge is 0.416 e. The maximum atomic E-state index is 13.2. The van der Waals surface area contributed by atoms with Gasteiger partial charge in [0, 0.05) is 24.1 Å². The molecular formula is C25H33F3N4O2. The zero-order valence-corrected chi connectivity index (χ0v) is 19.6. The summed E-state index contributed by atoms with van der Waals surface area (Å²) in [5.41, 5.74) is -0.854. The molecule has 9 heteroatoms. The lowest BCUT2D eigenvalue weighted by Crippen LogP contribution is -2.36. The summed E-state index contributed by atoms with van der Waals surface area (Å²) in [6, 6.07) is 4.87. The van der Waals surface area contributed by atoms with Crippen molar-refractivity contribution in [2.24, 2.45) is 11.8 Å². The predicted molar refractivity (Wildman–Crippen MR) is 123 cm³/mol. The molecule has 1 aromatic heterocycles. The lowest BCUT2D eigenvalue weighted by Gasteiger charge is -2.27. The number of hydrogen-bond acceptors (Lipinski definition) is 3. The molecule has 2 fully saturated rings. The van der Waals surface area contributed by atoms with E-state index in [9.17, 15) is 22.8 Å². The third-order valence-corrected chi connectivity index (χ3v) is 7.04. The number of nitrogens with one attached hydrogen (secondary N) is 1. The molecule has 2 aliphatic rings. The van der Waals surface area contributed by atoms with Crippen molar-refractivity contribution in [3.8, 4) is 11.4 Å². The molecular weight excluding hydrogens is 445 g/mol. The molecule has 0 unspecified atom stereocenters. The Balaban J connectivity index is 1.39. The molecule has 1 aromatic carbocycles. The molecule has 186 valence electrons. The Bertz CT molecular complexity index is 1050. The van der Waals surface area contributed by atoms with E-state index in [1.165, 1.54) is 34.6 Å². The number of rotatable bonds is 9. The van der Waals surface area contributed by atoms with Gasteiger partial charge in [-0.05, 0) is 56.6 Å². The van der Waals surface area contributed by atoms with Gasteiger partial charge in [-0.1, -0.05) is 38.3 Å². The number of unbranched alkanes of at least 4 members (excludes halogenated alkanes) is 1. The van der Waals surface area contributed by atoms with E-state index in [1.54, 1.807) is 6.07 Å². The summed E-state index contributed by atoms with van der Waals surface area (Å²) in [4.78, 5) is 25.6. The molecule has 2 aliphatic carbocycles. The van der Waals surface area contributed by atoms with Gasteiger partial charge in [-0.2, -0.15) is 13.2 Å². The first-order valence-corrected chi connectivity index (χ1v) is 12.4. The number of carbonyl (C=O) groups is 1. The fraction of sp³-hybridized carbons (Fsp3) is 0.640. The Morgan fingerprint density at radius 1 is 1.15 bits per heavy atom. The number of halogens is 3. The highest BCUT2D eigenvalue weighted by atomic mass is 19.4. The standard InChI is InChI=1S/C25H33F3N4O2/c1-2-3-5-17-8-10-18(11-9-17)23(33)29-14-15-31-24(34)32(21-12-13-21)22(30-31)19-6-4-7-20(16-19)25(26,27)28/h4,6-7,16-18,21H,2-3,5,8-15H2,1H3,(H,29,33). The van der Waals surface area contributed by atoms with Crippen molar-refractivity contribution in [1.29, 1.82) is 0 Å². The van der Waals surface area contributed by atoms with Gasteiger partial charge in [0.25, 0.3) is 0 Å². The lowest BCUT2D eigenvalue weighted by molar-refractivity contribution is -0.137. The quantitative estimate of drug-likeness (QED) is 0.540. The van der Waals surface area contributed by atoms with Crippen molar-refractivity contribution < 1.29 is 18.0 Å². The molecule has 0 radical (unpaired) electrons. The summed E-state index contributed by atoms with van der Waals surface area (Å²) in [7, 11) is 0. The Hall–Kier alpha value is -2.58. The fourth-order valence-corrected chi connectivity index (χ4v) is 4.89. The lowest BCUT2D eigenvalue weighted by atomic mass is 9.79. The summed E-state index contributed by atoms with van der Waals surface area (Å²) in [5, 5.41) is 7.29. The van der Waals surface area contributed by atoms with Crippen molar-refractivity contribution in [2.45, 2.75) is 83.5 Å². The van der Waals surface area contributed by atoms with Crippen LogP contribution in [0.25, 0.3) is 11.4 Å². The number of nitrogens with zero attached hydrogens (tertiary/aromatic N) is 3. The molecule has 0 atom stereocenters. The smallest absolute Gasteiger partial charge is 0.354 e. The van der Waals surface area contributed by atoms with Gasteiger partial charge in [0.1, 0.15) is 0 Å². The fourth-order valence-electron chi connectivity index (χ4n) is 4.89. The van der Waals surface area contributed by atoms with Gasteiger partial charge in [-0.25, -0.2) is 9.48 Å². The summed E-state index contributed by atoms with van der Waals surface area (Å²) < 4.78 is 42.3. The summed E-state index contributed by atoms with van der Waals surface area (Å²) in [6.45, 7) is 2.64. The molecule has 2 aromatic rings. The topological polar surface area (TPSA) is 68.9 Å². The van der Waals surface area contributed by atoms with E-state index >= 15 is 0 Å². The van der Waals surface area contributed by atoms with Crippen molar-refractivity contribution >= 4 is 5.91 Å². The highest BCUT2D eigenvalue weighted by Crippen LogP contribution is 2.38. The molecule has 0 bridgehead atoms. The van der Waals surface area contributed by atoms with Gasteiger partial charge in [0.05, 0.1) is 12.1 Å². The van der Waals surface area contributed by atoms with Gasteiger partial charge in [0.2, 0.25) is 5.91 Å². The van der Waals surface area contributed by atoms with Crippen LogP contribution in [0.5, 0.6) is 0 Å². The predicted octanol–water partition coefficient (Wildman–Crippen LogP) is 5.18. The third kappa shape index (κ3) is 5.73. The van der Waals surface area contributed by atoms with Gasteiger partial charge in [-0.3, -0.25) is 9.36 Å². The maximum absolute atomic E-state index is 13.2. The second kappa shape index (κ2) is 10.4. The molecule has 1 heterocycles. The van der Waals surface area contributed by atoms with Crippen LogP contribution < -0.4 is 11.0 Å². The van der Waals surface area contributed by atoms with E-state index in [4.69, 9.17) is 0 Å². The Kier molecular flexibility index (Phi) is 7.48. The van der Waals surface area contributed by atoms with Crippen molar-refractivity contribution in [1.82, 2.24) is 19.7 Å². The minimum absolute atomic E-state index is 0.0132. The first kappa shape index (κ1) is 24.5. The summed E-state index contributed by atoms with van der Waals surface area (Å²) >= 11 is 0. The van der Waals surface area contributed by atoms with E-state index in [0.29, 0.717) is 0 Å². The first-order valence-electron chi connectivity index (χ1n) is 12.4. The molecule has 0 saturated heterocycles. The minimum Gasteiger partial charge on any atom is -0.354 e. The van der Waals surface area contributed by atoms with E-state index in [2.05, 4.69) is 17.3 Å². The maximum Gasteiger partial charge on any atom is 0.416 e. The molecule has 6 nitrogen and oxygen atoms in total. The minimum atomic E-state index is -4.47. The van der Waals surface area contributed by atoms with Gasteiger partial charge in [0.15, 0.2) is 5.82 Å². The van der Waals surface area contributed by atoms with Crippen LogP contribution in [0.1, 0.15) is 76.3 Å². The van der Waals surface area contributed by atoms with Crippen LogP contribution in [0.4, 0.5) is 13.2 Å². The molecule has 1 amide bonds. The van der Waals surface area contributed by atoms with E-state index in [0.717, 1.165) is 56.6 Å². The Morgan fingerprint density at radius 3 is 2.53 bits per heavy atom. The van der Waals surface area contributed by atoms with Crippen LogP contribution in [0.3, 0.4) is 0 Å². The average Bonchev–Trinajstić information content (AvgIpc) is 3.61. The molecule has 0 aliphatic heterocycles. The molecule has 2 saturated carbocycles. The number of aromatic nitrogens is 3. The summed E-state index contributed by atoms with van der Waals surface area (Å²) in [6.07, 6.45) is 4.79. The zero-order valence-electron chi connectivity index (χ0n) is 19.6. The van der Waals surface area contributed by atoms with E-state index in [1.807, 2.05) is 0 Å². The van der Waals surface area contributed by atoms with Crippen molar-refractivity contribution in [3.05, 3.63) is 40.3 Å². The number of benzene rings is 1. The van der Waals surface area contributed by atoms with Crippen LogP contribution in [0.15, 0.2) is 29.1 Å². The van der Waals surface area contributed by atoms with Gasteiger partial charge >= 0.3 is 11.9 Å². The number of hydrogen-bond donors (Lipinski definition) is 1. The SMILES string of the molecule is CCCCC1CCC(C(=O)NCCn2nc(-c3cccc(C(F)(F)F)c3)n(C3CC3)c2=O)CC1. The number of alkyl halides is 3. The second-order valence-corrected chi connectivity index (χ2v) is 9.66. The van der Waals surface area contributed by atoms with Crippen LogP contribution in [0, 0.1) is 11.8 Å². The van der Waals surface area contributed by atoms with Crippen LogP contribution in [-0.4, -0.2) is 26.8 Å². The number of carbonyl (C=O) groups excluding carboxylic acids is 1. The molecule has 1 N–H and O–H groups in total. The molecule has 4 rings (SSSR count). The van der Waals surface area contributed by atoms with E-state index < -0.39 is 11.7 Å². The number of amides is 1. The molecule has 0 spiro atoms. The monoisotopic (exact) mass is 478 g/mol. The highest BCUT2D eigenvalue weighted by molar-refractivity contribution is 5.78. The van der Waals surface area contributed by atoms with Crippen molar-refractivity contribution in [2.75, 3.05) is 6.54 Å². The van der Waals surface area contributed by atoms with Gasteiger partial charge in [-0.15, -0.1) is 5.10 Å². The zero-order chi connectivity index (χ0) is 24.3. The highest BCUT2D eigenvalue weighted by Gasteiger charge is 2.33. The van der Waals surface area contributed by atoms with Gasteiger partial charge < -0.3 is 5.32 Å².